The Morgan fingerprint density at radius 3 is 2.56 bits per heavy atom. The van der Waals surface area contributed by atoms with Crippen molar-refractivity contribution in [1.82, 2.24) is 4.98 Å². The van der Waals surface area contributed by atoms with Crippen molar-refractivity contribution in [3.05, 3.63) is 22.9 Å². The van der Waals surface area contributed by atoms with Gasteiger partial charge in [0.25, 0.3) is 0 Å². The molecule has 1 aromatic heterocycles. The number of hydrogen-bond donors (Lipinski definition) is 0. The highest BCUT2D eigenvalue weighted by atomic mass is 79.9. The van der Waals surface area contributed by atoms with E-state index in [0.717, 1.165) is 0 Å². The van der Waals surface area contributed by atoms with Gasteiger partial charge < -0.3 is 4.90 Å². The number of aromatic nitrogens is 1. The molecular formula is C10H12BrF3N2. The largest absolute Gasteiger partial charge is 0.405 e. The minimum absolute atomic E-state index is 0.359. The number of hydrogen-bond acceptors (Lipinski definition) is 2. The predicted octanol–water partition coefficient (Wildman–Crippen LogP) is 3.62. The number of pyridine rings is 1. The summed E-state index contributed by atoms with van der Waals surface area (Å²) in [6, 6.07) is 1.63. The van der Waals surface area contributed by atoms with E-state index in [9.17, 15) is 13.2 Å². The minimum atomic E-state index is -4.20. The highest BCUT2D eigenvalue weighted by molar-refractivity contribution is 9.10. The maximum absolute atomic E-state index is 12.3. The molecule has 0 saturated carbocycles. The molecule has 1 heterocycles. The van der Waals surface area contributed by atoms with Crippen molar-refractivity contribution >= 4 is 21.6 Å². The van der Waals surface area contributed by atoms with Crippen molar-refractivity contribution < 1.29 is 13.2 Å². The van der Waals surface area contributed by atoms with Crippen LogP contribution in [0, 0.1) is 0 Å². The first-order valence-electron chi connectivity index (χ1n) is 4.84. The molecule has 0 aromatic carbocycles. The Bertz CT molecular complexity index is 341. The van der Waals surface area contributed by atoms with Crippen LogP contribution in [0.2, 0.25) is 0 Å². The lowest BCUT2D eigenvalue weighted by molar-refractivity contribution is -0.119. The molecular weight excluding hydrogens is 285 g/mol. The van der Waals surface area contributed by atoms with E-state index in [4.69, 9.17) is 0 Å². The third-order valence-corrected chi connectivity index (χ3v) is 2.35. The fourth-order valence-corrected chi connectivity index (χ4v) is 1.71. The van der Waals surface area contributed by atoms with Crippen LogP contribution in [0.5, 0.6) is 0 Å². The van der Waals surface area contributed by atoms with Gasteiger partial charge in [0.2, 0.25) is 0 Å². The Labute approximate surface area is 101 Å². The van der Waals surface area contributed by atoms with Crippen LogP contribution in [0.15, 0.2) is 22.9 Å². The topological polar surface area (TPSA) is 16.1 Å². The maximum Gasteiger partial charge on any atom is 0.405 e. The van der Waals surface area contributed by atoms with Crippen molar-refractivity contribution in [2.45, 2.75) is 19.5 Å². The monoisotopic (exact) mass is 296 g/mol. The summed E-state index contributed by atoms with van der Waals surface area (Å²) in [4.78, 5) is 5.14. The van der Waals surface area contributed by atoms with Gasteiger partial charge in [0, 0.05) is 17.2 Å². The smallest absolute Gasteiger partial charge is 0.361 e. The van der Waals surface area contributed by atoms with E-state index in [0.29, 0.717) is 23.1 Å². The lowest BCUT2D eigenvalue weighted by atomic mass is 10.3. The molecule has 90 valence electrons. The third kappa shape index (κ3) is 4.38. The normalized spacial score (nSPS) is 11.6. The summed E-state index contributed by atoms with van der Waals surface area (Å²) in [7, 11) is 0. The molecule has 6 heteroatoms. The summed E-state index contributed by atoms with van der Waals surface area (Å²) in [5, 5.41) is 0. The molecule has 0 aliphatic heterocycles. The van der Waals surface area contributed by atoms with Gasteiger partial charge in [-0.3, -0.25) is 4.98 Å². The van der Waals surface area contributed by atoms with Gasteiger partial charge in [-0.15, -0.1) is 0 Å². The predicted molar refractivity (Wildman–Crippen MR) is 60.5 cm³/mol. The van der Waals surface area contributed by atoms with Gasteiger partial charge >= 0.3 is 6.18 Å². The second kappa shape index (κ2) is 5.52. The maximum atomic E-state index is 12.3. The van der Waals surface area contributed by atoms with Gasteiger partial charge in [-0.2, -0.15) is 13.2 Å². The molecule has 0 aliphatic rings. The fourth-order valence-electron chi connectivity index (χ4n) is 1.36. The Morgan fingerprint density at radius 2 is 2.06 bits per heavy atom. The first-order chi connectivity index (χ1) is 7.42. The highest BCUT2D eigenvalue weighted by Crippen LogP contribution is 2.23. The van der Waals surface area contributed by atoms with Crippen LogP contribution in [0.4, 0.5) is 18.9 Å². The second-order valence-corrected chi connectivity index (χ2v) is 4.31. The first kappa shape index (κ1) is 13.3. The zero-order valence-electron chi connectivity index (χ0n) is 8.76. The highest BCUT2D eigenvalue weighted by Gasteiger charge is 2.30. The van der Waals surface area contributed by atoms with Crippen molar-refractivity contribution in [1.29, 1.82) is 0 Å². The molecule has 2 nitrogen and oxygen atoms in total. The summed E-state index contributed by atoms with van der Waals surface area (Å²) < 4.78 is 37.7. The number of rotatable bonds is 4. The summed E-state index contributed by atoms with van der Waals surface area (Å²) in [6.07, 6.45) is -0.562. The van der Waals surface area contributed by atoms with Crippen molar-refractivity contribution in [2.24, 2.45) is 0 Å². The Balaban J connectivity index is 2.85. The fraction of sp³-hybridized carbons (Fsp3) is 0.500. The summed E-state index contributed by atoms with van der Waals surface area (Å²) >= 11 is 3.19. The van der Waals surface area contributed by atoms with Gasteiger partial charge in [-0.1, -0.05) is 6.92 Å². The van der Waals surface area contributed by atoms with E-state index in [2.05, 4.69) is 20.9 Å². The standard InChI is InChI=1S/C10H12BrF3N2/c1-2-3-16(7-10(12,13)14)9-4-8(11)5-15-6-9/h4-6H,2-3,7H2,1H3. The van der Waals surface area contributed by atoms with Crippen molar-refractivity contribution in [3.63, 3.8) is 0 Å². The lowest BCUT2D eigenvalue weighted by Gasteiger charge is -2.25. The number of anilines is 1. The average Bonchev–Trinajstić information content (AvgIpc) is 2.15. The molecule has 0 saturated heterocycles. The lowest BCUT2D eigenvalue weighted by Crippen LogP contribution is -2.34. The zero-order valence-corrected chi connectivity index (χ0v) is 10.3. The molecule has 0 N–H and O–H groups in total. The van der Waals surface area contributed by atoms with E-state index in [1.807, 2.05) is 6.92 Å². The van der Waals surface area contributed by atoms with E-state index in [1.165, 1.54) is 11.1 Å². The number of alkyl halides is 3. The average molecular weight is 297 g/mol. The Hall–Kier alpha value is -0.780. The van der Waals surface area contributed by atoms with E-state index in [1.54, 1.807) is 12.3 Å². The van der Waals surface area contributed by atoms with Crippen LogP contribution < -0.4 is 4.90 Å². The molecule has 1 rings (SSSR count). The van der Waals surface area contributed by atoms with Crippen molar-refractivity contribution in [3.8, 4) is 0 Å². The SMILES string of the molecule is CCCN(CC(F)(F)F)c1cncc(Br)c1. The van der Waals surface area contributed by atoms with E-state index in [-0.39, 0.29) is 0 Å². The van der Waals surface area contributed by atoms with Crippen LogP contribution in [-0.4, -0.2) is 24.2 Å². The molecule has 0 amide bonds. The van der Waals surface area contributed by atoms with E-state index < -0.39 is 12.7 Å². The van der Waals surface area contributed by atoms with Gasteiger partial charge in [0.1, 0.15) is 6.54 Å². The van der Waals surface area contributed by atoms with Crippen LogP contribution >= 0.6 is 15.9 Å². The zero-order chi connectivity index (χ0) is 12.2. The molecule has 1 aromatic rings. The van der Waals surface area contributed by atoms with Gasteiger partial charge in [-0.25, -0.2) is 0 Å². The summed E-state index contributed by atoms with van der Waals surface area (Å²) in [5.41, 5.74) is 0.480. The quantitative estimate of drug-likeness (QED) is 0.843. The van der Waals surface area contributed by atoms with Gasteiger partial charge in [-0.05, 0) is 28.4 Å². The summed E-state index contributed by atoms with van der Waals surface area (Å²) in [5.74, 6) is 0. The molecule has 0 bridgehead atoms. The third-order valence-electron chi connectivity index (χ3n) is 1.92. The number of nitrogens with zero attached hydrogens (tertiary/aromatic N) is 2. The van der Waals surface area contributed by atoms with E-state index >= 15 is 0 Å². The van der Waals surface area contributed by atoms with Crippen LogP contribution in [-0.2, 0) is 0 Å². The summed E-state index contributed by atoms with van der Waals surface area (Å²) in [6.45, 7) is 1.26. The van der Waals surface area contributed by atoms with Crippen LogP contribution in [0.1, 0.15) is 13.3 Å². The second-order valence-electron chi connectivity index (χ2n) is 3.40. The molecule has 0 unspecified atom stereocenters. The van der Waals surface area contributed by atoms with Crippen molar-refractivity contribution in [2.75, 3.05) is 18.0 Å². The molecule has 0 atom stereocenters. The Morgan fingerprint density at radius 1 is 1.38 bits per heavy atom. The van der Waals surface area contributed by atoms with Crippen LogP contribution in [0.3, 0.4) is 0 Å². The number of halogens is 4. The molecule has 16 heavy (non-hydrogen) atoms. The first-order valence-corrected chi connectivity index (χ1v) is 5.64. The molecule has 0 spiro atoms. The van der Waals surface area contributed by atoms with Gasteiger partial charge in [0.05, 0.1) is 11.9 Å². The van der Waals surface area contributed by atoms with Gasteiger partial charge in [0.15, 0.2) is 0 Å². The Kier molecular flexibility index (Phi) is 4.58. The molecule has 0 fully saturated rings. The minimum Gasteiger partial charge on any atom is -0.361 e. The molecule has 0 radical (unpaired) electrons. The van der Waals surface area contributed by atoms with Crippen LogP contribution in [0.25, 0.3) is 0 Å². The molecule has 0 aliphatic carbocycles.